The summed E-state index contributed by atoms with van der Waals surface area (Å²) in [6, 6.07) is 15.4. The maximum Gasteiger partial charge on any atom is 0.471 e. The summed E-state index contributed by atoms with van der Waals surface area (Å²) < 4.78 is 41.0. The first kappa shape index (κ1) is 24.3. The molecule has 0 bridgehead atoms. The smallest absolute Gasteiger partial charge is 0.471 e. The molecule has 1 aliphatic heterocycles. The summed E-state index contributed by atoms with van der Waals surface area (Å²) in [6.45, 7) is 1.42. The number of alkyl halides is 3. The summed E-state index contributed by atoms with van der Waals surface area (Å²) in [7, 11) is 1.97. The summed E-state index contributed by atoms with van der Waals surface area (Å²) in [4.78, 5) is 27.2. The average molecular weight is 475 g/mol. The molecule has 0 radical (unpaired) electrons. The van der Waals surface area contributed by atoms with Crippen molar-refractivity contribution in [3.05, 3.63) is 71.3 Å². The molecule has 5 nitrogen and oxygen atoms in total. The number of rotatable bonds is 7. The van der Waals surface area contributed by atoms with E-state index >= 15 is 0 Å². The van der Waals surface area contributed by atoms with E-state index in [0.29, 0.717) is 38.8 Å². The molecule has 1 amide bonds. The Morgan fingerprint density at radius 2 is 1.76 bits per heavy atom. The van der Waals surface area contributed by atoms with E-state index in [2.05, 4.69) is 4.90 Å². The molecular weight excluding hydrogens is 445 g/mol. The van der Waals surface area contributed by atoms with Gasteiger partial charge in [0.15, 0.2) is 0 Å². The van der Waals surface area contributed by atoms with Crippen LogP contribution >= 0.6 is 0 Å². The normalized spacial score (nSPS) is 22.2. The van der Waals surface area contributed by atoms with Gasteiger partial charge in [0.1, 0.15) is 0 Å². The van der Waals surface area contributed by atoms with Gasteiger partial charge < -0.3 is 14.9 Å². The number of benzene rings is 2. The molecule has 2 aromatic rings. The number of piperidine rings is 1. The third-order valence-corrected chi connectivity index (χ3v) is 7.19. The van der Waals surface area contributed by atoms with Crippen LogP contribution in [0.4, 0.5) is 13.2 Å². The molecular formula is C26H29F3N2O3. The summed E-state index contributed by atoms with van der Waals surface area (Å²) in [5.74, 6) is -2.93. The van der Waals surface area contributed by atoms with Crippen LogP contribution in [-0.2, 0) is 11.2 Å². The minimum Gasteiger partial charge on any atom is -0.478 e. The van der Waals surface area contributed by atoms with Gasteiger partial charge in [-0.3, -0.25) is 4.79 Å². The van der Waals surface area contributed by atoms with Gasteiger partial charge in [-0.2, -0.15) is 13.2 Å². The minimum absolute atomic E-state index is 0.00445. The van der Waals surface area contributed by atoms with Crippen LogP contribution in [-0.4, -0.2) is 65.7 Å². The van der Waals surface area contributed by atoms with Gasteiger partial charge in [0.25, 0.3) is 0 Å². The molecule has 0 spiro atoms. The number of carboxylic acids is 1. The van der Waals surface area contributed by atoms with Crippen LogP contribution in [0.2, 0.25) is 0 Å². The van der Waals surface area contributed by atoms with E-state index in [1.165, 1.54) is 6.07 Å². The molecule has 1 saturated heterocycles. The van der Waals surface area contributed by atoms with Gasteiger partial charge in [-0.05, 0) is 74.5 Å². The highest BCUT2D eigenvalue weighted by atomic mass is 19.4. The molecule has 34 heavy (non-hydrogen) atoms. The Labute approximate surface area is 197 Å². The highest BCUT2D eigenvalue weighted by Gasteiger charge is 2.54. The second-order valence-corrected chi connectivity index (χ2v) is 9.74. The Hall–Kier alpha value is -2.87. The van der Waals surface area contributed by atoms with Gasteiger partial charge in [-0.1, -0.05) is 42.5 Å². The zero-order chi connectivity index (χ0) is 24.5. The van der Waals surface area contributed by atoms with E-state index in [9.17, 15) is 27.9 Å². The number of hydrogen-bond donors (Lipinski definition) is 1. The van der Waals surface area contributed by atoms with E-state index in [1.807, 2.05) is 43.4 Å². The van der Waals surface area contributed by atoms with Crippen molar-refractivity contribution < 1.29 is 27.9 Å². The summed E-state index contributed by atoms with van der Waals surface area (Å²) >= 11 is 0. The number of aromatic carboxylic acids is 1. The molecule has 1 aliphatic carbocycles. The molecule has 1 N–H and O–H groups in total. The first-order valence-electron chi connectivity index (χ1n) is 11.5. The van der Waals surface area contributed by atoms with Crippen molar-refractivity contribution in [2.24, 2.45) is 5.41 Å². The van der Waals surface area contributed by atoms with Crippen LogP contribution < -0.4 is 0 Å². The quantitative estimate of drug-likeness (QED) is 0.638. The molecule has 4 rings (SSSR count). The predicted octanol–water partition coefficient (Wildman–Crippen LogP) is 4.59. The first-order chi connectivity index (χ1) is 16.1. The number of amides is 1. The van der Waals surface area contributed by atoms with Crippen molar-refractivity contribution in [3.63, 3.8) is 0 Å². The van der Waals surface area contributed by atoms with Gasteiger partial charge in [-0.25, -0.2) is 4.79 Å². The van der Waals surface area contributed by atoms with Gasteiger partial charge in [0, 0.05) is 18.5 Å². The molecule has 2 fully saturated rings. The van der Waals surface area contributed by atoms with E-state index < -0.39 is 29.5 Å². The highest BCUT2D eigenvalue weighted by Crippen LogP contribution is 2.48. The second-order valence-electron chi connectivity index (χ2n) is 9.74. The molecule has 2 aromatic carbocycles. The van der Waals surface area contributed by atoms with Crippen molar-refractivity contribution in [2.45, 2.75) is 43.8 Å². The van der Waals surface area contributed by atoms with E-state index in [4.69, 9.17) is 0 Å². The Morgan fingerprint density at radius 3 is 2.38 bits per heavy atom. The summed E-state index contributed by atoms with van der Waals surface area (Å²) in [5.41, 5.74) is 1.29. The van der Waals surface area contributed by atoms with Crippen molar-refractivity contribution in [2.75, 3.05) is 26.7 Å². The lowest BCUT2D eigenvalue weighted by Crippen LogP contribution is -2.52. The van der Waals surface area contributed by atoms with Crippen molar-refractivity contribution in [1.82, 2.24) is 9.80 Å². The second kappa shape index (κ2) is 9.41. The van der Waals surface area contributed by atoms with Gasteiger partial charge in [-0.15, -0.1) is 0 Å². The fraction of sp³-hybridized carbons (Fsp3) is 0.462. The largest absolute Gasteiger partial charge is 0.478 e. The Kier molecular flexibility index (Phi) is 6.71. The molecule has 2 aliphatic rings. The van der Waals surface area contributed by atoms with Crippen molar-refractivity contribution in [3.8, 4) is 0 Å². The number of likely N-dealkylation sites (tertiary alicyclic amines) is 1. The zero-order valence-corrected chi connectivity index (χ0v) is 19.1. The van der Waals surface area contributed by atoms with Crippen molar-refractivity contribution in [1.29, 1.82) is 0 Å². The van der Waals surface area contributed by atoms with Crippen LogP contribution in [0.25, 0.3) is 0 Å². The van der Waals surface area contributed by atoms with Crippen LogP contribution in [0.1, 0.15) is 46.7 Å². The zero-order valence-electron chi connectivity index (χ0n) is 19.1. The number of hydrogen-bond acceptors (Lipinski definition) is 3. The third-order valence-electron chi connectivity index (χ3n) is 7.19. The fourth-order valence-corrected chi connectivity index (χ4v) is 5.18. The number of carboxylic acid groups (broad SMARTS) is 1. The van der Waals surface area contributed by atoms with Crippen LogP contribution in [0.15, 0.2) is 54.6 Å². The first-order valence-corrected chi connectivity index (χ1v) is 11.5. The highest BCUT2D eigenvalue weighted by molar-refractivity contribution is 5.87. The number of halogens is 3. The molecule has 1 saturated carbocycles. The maximum atomic E-state index is 13.7. The molecule has 1 heterocycles. The SMILES string of the molecule is CN1CCC(Cc2cccc(C(=O)O)c2)(CN(C(=O)C(F)(F)F)[C@@H]2CC2c2ccccc2)CC1. The molecule has 8 heteroatoms. The van der Waals surface area contributed by atoms with Crippen LogP contribution in [0, 0.1) is 5.41 Å². The lowest BCUT2D eigenvalue weighted by atomic mass is 9.73. The van der Waals surface area contributed by atoms with E-state index in [0.717, 1.165) is 16.0 Å². The number of carbonyl (C=O) groups is 2. The van der Waals surface area contributed by atoms with Crippen LogP contribution in [0.5, 0.6) is 0 Å². The topological polar surface area (TPSA) is 60.9 Å². The average Bonchev–Trinajstić information content (AvgIpc) is 3.60. The number of nitrogens with zero attached hydrogens (tertiary/aromatic N) is 2. The van der Waals surface area contributed by atoms with Crippen molar-refractivity contribution >= 4 is 11.9 Å². The monoisotopic (exact) mass is 474 g/mol. The summed E-state index contributed by atoms with van der Waals surface area (Å²) in [5, 5.41) is 9.36. The van der Waals surface area contributed by atoms with Gasteiger partial charge >= 0.3 is 18.1 Å². The standard InChI is InChI=1S/C26H29F3N2O3/c1-30-12-10-25(11-13-30,16-18-6-5-9-20(14-18)23(32)33)17-31(24(34)26(27,28)29)22-15-21(22)19-7-3-2-4-8-19/h2-9,14,21-22H,10-13,15-17H2,1H3,(H,32,33)/t21?,22-/m1/s1. The molecule has 182 valence electrons. The predicted molar refractivity (Wildman–Crippen MR) is 122 cm³/mol. The molecule has 1 unspecified atom stereocenters. The molecule has 0 aromatic heterocycles. The Bertz CT molecular complexity index is 1030. The lowest BCUT2D eigenvalue weighted by Gasteiger charge is -2.44. The van der Waals surface area contributed by atoms with Gasteiger partial charge in [0.2, 0.25) is 0 Å². The minimum atomic E-state index is -4.94. The van der Waals surface area contributed by atoms with E-state index in [-0.39, 0.29) is 18.0 Å². The maximum absolute atomic E-state index is 13.7. The Morgan fingerprint density at radius 1 is 1.09 bits per heavy atom. The number of carbonyl (C=O) groups excluding carboxylic acids is 1. The Balaban J connectivity index is 1.63. The van der Waals surface area contributed by atoms with Gasteiger partial charge in [0.05, 0.1) is 5.56 Å². The fourth-order valence-electron chi connectivity index (χ4n) is 5.18. The summed E-state index contributed by atoms with van der Waals surface area (Å²) in [6.07, 6.45) is -2.75. The lowest BCUT2D eigenvalue weighted by molar-refractivity contribution is -0.188. The van der Waals surface area contributed by atoms with Crippen LogP contribution in [0.3, 0.4) is 0 Å². The van der Waals surface area contributed by atoms with E-state index in [1.54, 1.807) is 12.1 Å². The third kappa shape index (κ3) is 5.43. The molecule has 2 atom stereocenters.